The summed E-state index contributed by atoms with van der Waals surface area (Å²) in [5.41, 5.74) is 4.73. The van der Waals surface area contributed by atoms with Gasteiger partial charge in [0.1, 0.15) is 11.6 Å². The molecule has 2 fully saturated rings. The van der Waals surface area contributed by atoms with Crippen molar-refractivity contribution >= 4 is 22.6 Å². The molecule has 3 heterocycles. The number of nitrogens with zero attached hydrogens (tertiary/aromatic N) is 4. The summed E-state index contributed by atoms with van der Waals surface area (Å²) >= 11 is 0. The molecule has 1 amide bonds. The minimum atomic E-state index is -0.988. The largest absolute Gasteiger partial charge is 0.393 e. The molecule has 7 nitrogen and oxygen atoms in total. The minimum absolute atomic E-state index is 0.104. The number of carbonyl (C=O) groups excluding carboxylic acids is 1. The lowest BCUT2D eigenvalue weighted by Crippen LogP contribution is -2.40. The minimum Gasteiger partial charge on any atom is -0.393 e. The summed E-state index contributed by atoms with van der Waals surface area (Å²) in [7, 11) is 0. The van der Waals surface area contributed by atoms with Crippen molar-refractivity contribution in [3.05, 3.63) is 65.3 Å². The van der Waals surface area contributed by atoms with Crippen molar-refractivity contribution < 1.29 is 23.2 Å². The molecule has 6 rings (SSSR count). The Labute approximate surface area is 219 Å². The molecule has 198 valence electrons. The number of benzene rings is 2. The first-order chi connectivity index (χ1) is 18.3. The van der Waals surface area contributed by atoms with Gasteiger partial charge < -0.3 is 19.1 Å². The fraction of sp³-hybridized carbons (Fsp3) is 0.414. The normalized spacial score (nSPS) is 22.4. The van der Waals surface area contributed by atoms with Gasteiger partial charge in [-0.15, -0.1) is 0 Å². The standard InChI is InChI=1S/C29H30F2N4O3/c1-16-28(17(2)38-33-16)18-6-13-25-24(14-18)32-29(35(25)19-7-10-21(36)11-8-19)26-4-3-5-27(37)34(26)20-9-12-22(30)23(31)15-20/h6,9,12-15,19,21,26,36H,3-5,7-8,10-11H2,1-2H3/t19-,21-,26-/m0/s1. The number of carbonyl (C=O) groups is 1. The number of rotatable bonds is 4. The van der Waals surface area contributed by atoms with E-state index < -0.39 is 17.7 Å². The maximum atomic E-state index is 14.2. The van der Waals surface area contributed by atoms with Crippen molar-refractivity contribution in [1.82, 2.24) is 14.7 Å². The smallest absolute Gasteiger partial charge is 0.227 e. The number of piperidine rings is 1. The first-order valence-electron chi connectivity index (χ1n) is 13.2. The van der Waals surface area contributed by atoms with Gasteiger partial charge in [0.25, 0.3) is 0 Å². The molecular weight excluding hydrogens is 490 g/mol. The Balaban J connectivity index is 1.51. The number of amides is 1. The van der Waals surface area contributed by atoms with Crippen LogP contribution in [0.1, 0.15) is 74.3 Å². The third kappa shape index (κ3) is 4.18. The Kier molecular flexibility index (Phi) is 6.26. The number of aryl methyl sites for hydroxylation is 2. The van der Waals surface area contributed by atoms with E-state index in [9.17, 15) is 18.7 Å². The van der Waals surface area contributed by atoms with Gasteiger partial charge in [-0.1, -0.05) is 11.2 Å². The van der Waals surface area contributed by atoms with Crippen molar-refractivity contribution in [2.45, 2.75) is 77.0 Å². The van der Waals surface area contributed by atoms with E-state index in [-0.39, 0.29) is 18.1 Å². The Morgan fingerprint density at radius 3 is 2.50 bits per heavy atom. The highest BCUT2D eigenvalue weighted by Crippen LogP contribution is 2.41. The van der Waals surface area contributed by atoms with Gasteiger partial charge in [-0.05, 0) is 82.2 Å². The van der Waals surface area contributed by atoms with Crippen molar-refractivity contribution in [2.75, 3.05) is 4.90 Å². The quantitative estimate of drug-likeness (QED) is 0.340. The van der Waals surface area contributed by atoms with Crippen LogP contribution in [0.5, 0.6) is 0 Å². The fourth-order valence-corrected chi connectivity index (χ4v) is 6.18. The van der Waals surface area contributed by atoms with Crippen molar-refractivity contribution in [2.24, 2.45) is 0 Å². The summed E-state index contributed by atoms with van der Waals surface area (Å²) in [6.07, 6.45) is 4.32. The zero-order valence-electron chi connectivity index (χ0n) is 21.5. The summed E-state index contributed by atoms with van der Waals surface area (Å²) in [5.74, 6) is -0.616. The number of aromatic nitrogens is 3. The molecule has 1 saturated carbocycles. The zero-order valence-corrected chi connectivity index (χ0v) is 21.5. The summed E-state index contributed by atoms with van der Waals surface area (Å²) in [5, 5.41) is 14.3. The number of hydrogen-bond acceptors (Lipinski definition) is 5. The topological polar surface area (TPSA) is 84.4 Å². The van der Waals surface area contributed by atoms with Gasteiger partial charge in [-0.25, -0.2) is 13.8 Å². The van der Waals surface area contributed by atoms with Crippen LogP contribution in [0.15, 0.2) is 40.9 Å². The molecule has 38 heavy (non-hydrogen) atoms. The molecular formula is C29H30F2N4O3. The lowest BCUT2D eigenvalue weighted by molar-refractivity contribution is -0.120. The molecule has 0 bridgehead atoms. The second-order valence-electron chi connectivity index (χ2n) is 10.5. The first kappa shape index (κ1) is 24.7. The average Bonchev–Trinajstić information content (AvgIpc) is 3.45. The van der Waals surface area contributed by atoms with Gasteiger partial charge in [-0.2, -0.15) is 0 Å². The van der Waals surface area contributed by atoms with Crippen LogP contribution in [0, 0.1) is 25.5 Å². The Morgan fingerprint density at radius 2 is 1.79 bits per heavy atom. The number of hydrogen-bond donors (Lipinski definition) is 1. The monoisotopic (exact) mass is 520 g/mol. The van der Waals surface area contributed by atoms with Gasteiger partial charge in [0.2, 0.25) is 5.91 Å². The van der Waals surface area contributed by atoms with Gasteiger partial charge in [0.05, 0.1) is 28.9 Å². The van der Waals surface area contributed by atoms with Crippen LogP contribution in [0.25, 0.3) is 22.2 Å². The Morgan fingerprint density at radius 1 is 1.00 bits per heavy atom. The molecule has 2 aromatic carbocycles. The van der Waals surface area contributed by atoms with Crippen LogP contribution in [0.4, 0.5) is 14.5 Å². The maximum Gasteiger partial charge on any atom is 0.227 e. The molecule has 2 aromatic heterocycles. The van der Waals surface area contributed by atoms with E-state index >= 15 is 0 Å². The second kappa shape index (κ2) is 9.62. The summed E-state index contributed by atoms with van der Waals surface area (Å²) in [6.45, 7) is 3.78. The van der Waals surface area contributed by atoms with E-state index in [0.29, 0.717) is 37.8 Å². The number of aliphatic hydroxyl groups excluding tert-OH is 1. The van der Waals surface area contributed by atoms with E-state index in [0.717, 1.165) is 64.4 Å². The van der Waals surface area contributed by atoms with Crippen LogP contribution in [0.3, 0.4) is 0 Å². The van der Waals surface area contributed by atoms with Gasteiger partial charge in [0, 0.05) is 29.8 Å². The van der Waals surface area contributed by atoms with Crippen LogP contribution in [-0.4, -0.2) is 31.8 Å². The molecule has 2 aliphatic rings. The fourth-order valence-electron chi connectivity index (χ4n) is 6.18. The zero-order chi connectivity index (χ0) is 26.6. The number of fused-ring (bicyclic) bond motifs is 1. The van der Waals surface area contributed by atoms with Crippen LogP contribution in [0.2, 0.25) is 0 Å². The highest BCUT2D eigenvalue weighted by Gasteiger charge is 2.36. The number of imidazole rings is 1. The highest BCUT2D eigenvalue weighted by molar-refractivity contribution is 5.95. The highest BCUT2D eigenvalue weighted by atomic mass is 19.2. The maximum absolute atomic E-state index is 14.2. The van der Waals surface area contributed by atoms with Crippen molar-refractivity contribution in [1.29, 1.82) is 0 Å². The molecule has 0 unspecified atom stereocenters. The number of halogens is 2. The third-order valence-electron chi connectivity index (χ3n) is 8.00. The first-order valence-corrected chi connectivity index (χ1v) is 13.2. The van der Waals surface area contributed by atoms with Crippen molar-refractivity contribution in [3.8, 4) is 11.1 Å². The van der Waals surface area contributed by atoms with Gasteiger partial charge in [-0.3, -0.25) is 4.79 Å². The summed E-state index contributed by atoms with van der Waals surface area (Å²) in [4.78, 5) is 19.9. The molecule has 4 aromatic rings. The second-order valence-corrected chi connectivity index (χ2v) is 10.5. The lowest BCUT2D eigenvalue weighted by Gasteiger charge is -2.37. The Bertz CT molecular complexity index is 1500. The molecule has 1 atom stereocenters. The average molecular weight is 521 g/mol. The van der Waals surface area contributed by atoms with E-state index in [1.165, 1.54) is 6.07 Å². The predicted octanol–water partition coefficient (Wildman–Crippen LogP) is 6.32. The molecule has 1 aliphatic heterocycles. The van der Waals surface area contributed by atoms with Crippen molar-refractivity contribution in [3.63, 3.8) is 0 Å². The van der Waals surface area contributed by atoms with E-state index in [2.05, 4.69) is 9.72 Å². The van der Waals surface area contributed by atoms with Crippen LogP contribution < -0.4 is 4.90 Å². The Hall–Kier alpha value is -3.59. The molecule has 1 saturated heterocycles. The number of aliphatic hydroxyl groups is 1. The third-order valence-corrected chi connectivity index (χ3v) is 8.00. The van der Waals surface area contributed by atoms with Gasteiger partial charge >= 0.3 is 0 Å². The molecule has 0 spiro atoms. The van der Waals surface area contributed by atoms with Crippen LogP contribution >= 0.6 is 0 Å². The SMILES string of the molecule is Cc1noc(C)c1-c1ccc2c(c1)nc([C@@H]1CCCC(=O)N1c1ccc(F)c(F)c1)n2[C@H]1CC[C@H](O)CC1. The molecule has 1 N–H and O–H groups in total. The predicted molar refractivity (Wildman–Crippen MR) is 139 cm³/mol. The van der Waals surface area contributed by atoms with E-state index in [1.807, 2.05) is 32.0 Å². The summed E-state index contributed by atoms with van der Waals surface area (Å²) in [6, 6.07) is 9.38. The van der Waals surface area contributed by atoms with E-state index in [1.54, 1.807) is 4.90 Å². The summed E-state index contributed by atoms with van der Waals surface area (Å²) < 4.78 is 35.6. The van der Waals surface area contributed by atoms with E-state index in [4.69, 9.17) is 9.51 Å². The molecule has 9 heteroatoms. The number of anilines is 1. The molecule has 1 aliphatic carbocycles. The molecule has 0 radical (unpaired) electrons. The van der Waals surface area contributed by atoms with Crippen LogP contribution in [-0.2, 0) is 4.79 Å². The van der Waals surface area contributed by atoms with Gasteiger partial charge in [0.15, 0.2) is 11.6 Å². The lowest BCUT2D eigenvalue weighted by atomic mass is 9.92.